The summed E-state index contributed by atoms with van der Waals surface area (Å²) in [5.41, 5.74) is 4.12. The van der Waals surface area contributed by atoms with Crippen LogP contribution in [-0.2, 0) is 13.1 Å². The van der Waals surface area contributed by atoms with Crippen LogP contribution >= 0.6 is 0 Å². The van der Waals surface area contributed by atoms with E-state index in [0.717, 1.165) is 39.3 Å². The van der Waals surface area contributed by atoms with Crippen LogP contribution in [0, 0.1) is 0 Å². The molecule has 5 heteroatoms. The zero-order valence-corrected chi connectivity index (χ0v) is 15.1. The zero-order valence-electron chi connectivity index (χ0n) is 15.1. The molecule has 136 valence electrons. The summed E-state index contributed by atoms with van der Waals surface area (Å²) in [6.07, 6.45) is 3.98. The Balaban J connectivity index is 1.32. The molecule has 26 heavy (non-hydrogen) atoms. The predicted octanol–water partition coefficient (Wildman–Crippen LogP) is 2.05. The summed E-state index contributed by atoms with van der Waals surface area (Å²) >= 11 is 0. The fourth-order valence-corrected chi connectivity index (χ4v) is 3.59. The van der Waals surface area contributed by atoms with Gasteiger partial charge < -0.3 is 15.5 Å². The third-order valence-corrected chi connectivity index (χ3v) is 5.11. The van der Waals surface area contributed by atoms with Crippen molar-refractivity contribution >= 4 is 5.69 Å². The van der Waals surface area contributed by atoms with Gasteiger partial charge in [0.2, 0.25) is 0 Å². The normalized spacial score (nSPS) is 17.9. The second kappa shape index (κ2) is 8.25. The van der Waals surface area contributed by atoms with Gasteiger partial charge >= 0.3 is 0 Å². The second-order valence-corrected chi connectivity index (χ2v) is 6.85. The number of para-hydroxylation sites is 1. The Morgan fingerprint density at radius 2 is 1.46 bits per heavy atom. The minimum absolute atomic E-state index is 0.123. The molecule has 0 bridgehead atoms. The smallest absolute Gasteiger partial charge is 0.152 e. The summed E-state index contributed by atoms with van der Waals surface area (Å²) in [5, 5.41) is 9.95. The average molecular weight is 349 g/mol. The average Bonchev–Trinajstić information content (AvgIpc) is 3.22. The first-order valence-corrected chi connectivity index (χ1v) is 9.38. The first-order chi connectivity index (χ1) is 12.9. The van der Waals surface area contributed by atoms with Crippen molar-refractivity contribution in [2.24, 2.45) is 0 Å². The molecule has 1 saturated heterocycles. The zero-order chi connectivity index (χ0) is 17.6. The molecule has 3 N–H and O–H groups in total. The summed E-state index contributed by atoms with van der Waals surface area (Å²) in [5.74, 6) is 0. The highest BCUT2D eigenvalue weighted by Crippen LogP contribution is 2.18. The minimum Gasteiger partial charge on any atom is -0.369 e. The molecule has 2 aliphatic heterocycles. The highest BCUT2D eigenvalue weighted by atomic mass is 15.3. The number of nitrogens with one attached hydrogen (secondary N) is 3. The van der Waals surface area contributed by atoms with Gasteiger partial charge in [-0.1, -0.05) is 42.5 Å². The van der Waals surface area contributed by atoms with Gasteiger partial charge in [0, 0.05) is 57.4 Å². The van der Waals surface area contributed by atoms with Gasteiger partial charge in [-0.05, 0) is 23.3 Å². The van der Waals surface area contributed by atoms with E-state index >= 15 is 0 Å². The number of anilines is 1. The summed E-state index contributed by atoms with van der Waals surface area (Å²) in [6.45, 7) is 6.26. The summed E-state index contributed by atoms with van der Waals surface area (Å²) < 4.78 is 0. The maximum atomic E-state index is 3.49. The van der Waals surface area contributed by atoms with E-state index in [1.165, 1.54) is 16.8 Å². The minimum atomic E-state index is 0.123. The highest BCUT2D eigenvalue weighted by molar-refractivity contribution is 5.46. The first-order valence-electron chi connectivity index (χ1n) is 9.38. The third-order valence-electron chi connectivity index (χ3n) is 5.11. The van der Waals surface area contributed by atoms with Crippen molar-refractivity contribution in [3.8, 4) is 0 Å². The number of piperazine rings is 1. The van der Waals surface area contributed by atoms with Gasteiger partial charge in [-0.25, -0.2) is 0 Å². The molecule has 2 aromatic carbocycles. The molecule has 4 rings (SSSR count). The van der Waals surface area contributed by atoms with Crippen LogP contribution in [0.2, 0.25) is 0 Å². The molecule has 2 aromatic rings. The van der Waals surface area contributed by atoms with Gasteiger partial charge in [-0.15, -0.1) is 0 Å². The van der Waals surface area contributed by atoms with Gasteiger partial charge in [0.05, 0.1) is 0 Å². The fourth-order valence-electron chi connectivity index (χ4n) is 3.59. The highest BCUT2D eigenvalue weighted by Gasteiger charge is 2.18. The second-order valence-electron chi connectivity index (χ2n) is 6.85. The number of hydrogen-bond donors (Lipinski definition) is 3. The maximum absolute atomic E-state index is 3.49. The lowest BCUT2D eigenvalue weighted by Crippen LogP contribution is -2.46. The van der Waals surface area contributed by atoms with Crippen LogP contribution in [0.3, 0.4) is 0 Å². The Morgan fingerprint density at radius 1 is 0.808 bits per heavy atom. The molecule has 0 atom stereocenters. The van der Waals surface area contributed by atoms with Crippen LogP contribution in [-0.4, -0.2) is 37.4 Å². The van der Waals surface area contributed by atoms with Crippen molar-refractivity contribution in [3.63, 3.8) is 0 Å². The largest absolute Gasteiger partial charge is 0.369 e. The summed E-state index contributed by atoms with van der Waals surface area (Å²) in [6, 6.07) is 19.5. The molecule has 0 amide bonds. The Labute approximate surface area is 155 Å². The Bertz CT molecular complexity index is 714. The van der Waals surface area contributed by atoms with E-state index in [9.17, 15) is 0 Å². The van der Waals surface area contributed by atoms with Crippen LogP contribution < -0.4 is 20.9 Å². The van der Waals surface area contributed by atoms with Crippen LogP contribution in [0.25, 0.3) is 0 Å². The molecule has 5 nitrogen and oxygen atoms in total. The number of nitrogens with zero attached hydrogens (tertiary/aromatic N) is 2. The Hall–Kier alpha value is -2.50. The molecular weight excluding hydrogens is 322 g/mol. The molecule has 0 saturated carbocycles. The lowest BCUT2D eigenvalue weighted by Gasteiger charge is -2.36. The van der Waals surface area contributed by atoms with E-state index in [0.29, 0.717) is 0 Å². The van der Waals surface area contributed by atoms with E-state index < -0.39 is 0 Å². The molecule has 0 radical (unpaired) electrons. The quantitative estimate of drug-likeness (QED) is 0.745. The molecule has 1 fully saturated rings. The van der Waals surface area contributed by atoms with E-state index in [-0.39, 0.29) is 6.29 Å². The number of benzene rings is 2. The van der Waals surface area contributed by atoms with Crippen molar-refractivity contribution in [2.75, 3.05) is 31.1 Å². The SMILES string of the molecule is C1=CNC(NCc2ccccc2CN2CCN(c3ccccc3)CC2)N1. The van der Waals surface area contributed by atoms with Crippen LogP contribution in [0.4, 0.5) is 5.69 Å². The van der Waals surface area contributed by atoms with Gasteiger partial charge in [-0.2, -0.15) is 0 Å². The molecule has 0 aromatic heterocycles. The van der Waals surface area contributed by atoms with Crippen molar-refractivity contribution in [3.05, 3.63) is 78.1 Å². The van der Waals surface area contributed by atoms with Gasteiger partial charge in [0.15, 0.2) is 6.29 Å². The Morgan fingerprint density at radius 3 is 2.19 bits per heavy atom. The summed E-state index contributed by atoms with van der Waals surface area (Å²) in [7, 11) is 0. The topological polar surface area (TPSA) is 42.6 Å². The van der Waals surface area contributed by atoms with Crippen molar-refractivity contribution in [1.82, 2.24) is 20.9 Å². The lowest BCUT2D eigenvalue weighted by atomic mass is 10.1. The number of hydrogen-bond acceptors (Lipinski definition) is 5. The van der Waals surface area contributed by atoms with E-state index in [2.05, 4.69) is 80.3 Å². The number of rotatable bonds is 6. The predicted molar refractivity (Wildman–Crippen MR) is 106 cm³/mol. The summed E-state index contributed by atoms with van der Waals surface area (Å²) in [4.78, 5) is 5.04. The van der Waals surface area contributed by atoms with Crippen LogP contribution in [0.5, 0.6) is 0 Å². The van der Waals surface area contributed by atoms with Crippen LogP contribution in [0.1, 0.15) is 11.1 Å². The lowest BCUT2D eigenvalue weighted by molar-refractivity contribution is 0.249. The van der Waals surface area contributed by atoms with Crippen molar-refractivity contribution in [1.29, 1.82) is 0 Å². The first kappa shape index (κ1) is 16.9. The standard InChI is InChI=1S/C21H27N5/c1-2-8-20(9-3-1)26-14-12-25(13-15-26)17-19-7-5-4-6-18(19)16-24-21-22-10-11-23-21/h1-11,21-24H,12-17H2. The van der Waals surface area contributed by atoms with Gasteiger partial charge in [0.25, 0.3) is 0 Å². The van der Waals surface area contributed by atoms with Crippen LogP contribution in [0.15, 0.2) is 67.0 Å². The molecule has 0 unspecified atom stereocenters. The van der Waals surface area contributed by atoms with E-state index in [4.69, 9.17) is 0 Å². The molecule has 2 heterocycles. The van der Waals surface area contributed by atoms with Gasteiger partial charge in [-0.3, -0.25) is 10.2 Å². The molecule has 2 aliphatic rings. The van der Waals surface area contributed by atoms with E-state index in [1.807, 2.05) is 12.4 Å². The maximum Gasteiger partial charge on any atom is 0.152 e. The van der Waals surface area contributed by atoms with E-state index in [1.54, 1.807) is 0 Å². The molecule has 0 aliphatic carbocycles. The van der Waals surface area contributed by atoms with Crippen molar-refractivity contribution in [2.45, 2.75) is 19.4 Å². The molecule has 0 spiro atoms. The third kappa shape index (κ3) is 4.18. The molecular formula is C21H27N5. The van der Waals surface area contributed by atoms with Crippen molar-refractivity contribution < 1.29 is 0 Å². The monoisotopic (exact) mass is 349 g/mol. The van der Waals surface area contributed by atoms with Gasteiger partial charge in [0.1, 0.15) is 0 Å². The fraction of sp³-hybridized carbons (Fsp3) is 0.333. The Kier molecular flexibility index (Phi) is 5.38.